The van der Waals surface area contributed by atoms with Crippen LogP contribution >= 0.6 is 0 Å². The molecule has 1 rings (SSSR count). The van der Waals surface area contributed by atoms with Gasteiger partial charge in [0.2, 0.25) is 5.91 Å². The molecule has 0 radical (unpaired) electrons. The van der Waals surface area contributed by atoms with Crippen LogP contribution in [0.5, 0.6) is 0 Å². The molecule has 0 aromatic carbocycles. The first kappa shape index (κ1) is 13.7. The Morgan fingerprint density at radius 1 is 1.53 bits per heavy atom. The number of nitrogens with two attached hydrogens (primary N) is 1. The number of amides is 1. The Labute approximate surface area is 102 Å². The molecule has 0 saturated heterocycles. The zero-order valence-corrected chi connectivity index (χ0v) is 11.1. The van der Waals surface area contributed by atoms with Crippen molar-refractivity contribution in [1.29, 1.82) is 0 Å². The van der Waals surface area contributed by atoms with Gasteiger partial charge in [-0.15, -0.1) is 0 Å². The van der Waals surface area contributed by atoms with E-state index in [1.807, 2.05) is 27.8 Å². The Morgan fingerprint density at radius 3 is 2.59 bits per heavy atom. The molecule has 1 heterocycles. The molecule has 5 nitrogen and oxygen atoms in total. The molecule has 1 amide bonds. The van der Waals surface area contributed by atoms with Crippen molar-refractivity contribution in [3.63, 3.8) is 0 Å². The van der Waals surface area contributed by atoms with Crippen LogP contribution in [0.2, 0.25) is 0 Å². The molecule has 5 heteroatoms. The SMILES string of the molecule is CCC(CN)CC(=O)Nc1c(C)nn(C)c1C. The van der Waals surface area contributed by atoms with Crippen molar-refractivity contribution in [3.8, 4) is 0 Å². The second-order valence-corrected chi connectivity index (χ2v) is 4.43. The summed E-state index contributed by atoms with van der Waals surface area (Å²) in [6, 6.07) is 0. The third-order valence-electron chi connectivity index (χ3n) is 3.16. The molecule has 1 aromatic heterocycles. The highest BCUT2D eigenvalue weighted by atomic mass is 16.1. The maximum absolute atomic E-state index is 11.9. The standard InChI is InChI=1S/C12H22N4O/c1-5-10(7-13)6-11(17)14-12-8(2)15-16(4)9(12)3/h10H,5-7,13H2,1-4H3,(H,14,17). The highest BCUT2D eigenvalue weighted by Crippen LogP contribution is 2.19. The van der Waals surface area contributed by atoms with E-state index in [2.05, 4.69) is 10.4 Å². The van der Waals surface area contributed by atoms with Gasteiger partial charge in [-0.05, 0) is 26.3 Å². The summed E-state index contributed by atoms with van der Waals surface area (Å²) < 4.78 is 1.77. The summed E-state index contributed by atoms with van der Waals surface area (Å²) in [6.07, 6.45) is 1.40. The number of carbonyl (C=O) groups excluding carboxylic acids is 1. The highest BCUT2D eigenvalue weighted by molar-refractivity contribution is 5.92. The minimum atomic E-state index is 0.0153. The van der Waals surface area contributed by atoms with Crippen LogP contribution < -0.4 is 11.1 Å². The summed E-state index contributed by atoms with van der Waals surface area (Å²) in [4.78, 5) is 11.9. The lowest BCUT2D eigenvalue weighted by molar-refractivity contribution is -0.117. The second kappa shape index (κ2) is 5.82. The van der Waals surface area contributed by atoms with Crippen molar-refractivity contribution in [1.82, 2.24) is 9.78 Å². The average Bonchev–Trinajstić information content (AvgIpc) is 2.53. The lowest BCUT2D eigenvalue weighted by Crippen LogP contribution is -2.22. The molecule has 1 atom stereocenters. The molecular weight excluding hydrogens is 216 g/mol. The van der Waals surface area contributed by atoms with Crippen molar-refractivity contribution in [2.24, 2.45) is 18.7 Å². The van der Waals surface area contributed by atoms with Crippen molar-refractivity contribution in [3.05, 3.63) is 11.4 Å². The number of carbonyl (C=O) groups is 1. The van der Waals surface area contributed by atoms with Gasteiger partial charge in [0.05, 0.1) is 17.1 Å². The lowest BCUT2D eigenvalue weighted by atomic mass is 10.0. The Bertz CT molecular complexity index is 393. The van der Waals surface area contributed by atoms with Gasteiger partial charge in [0.15, 0.2) is 0 Å². The summed E-state index contributed by atoms with van der Waals surface area (Å²) in [5.74, 6) is 0.272. The van der Waals surface area contributed by atoms with Gasteiger partial charge in [0.25, 0.3) is 0 Å². The monoisotopic (exact) mass is 238 g/mol. The third kappa shape index (κ3) is 3.30. The molecule has 1 aromatic rings. The fourth-order valence-corrected chi connectivity index (χ4v) is 1.80. The lowest BCUT2D eigenvalue weighted by Gasteiger charge is -2.12. The van der Waals surface area contributed by atoms with E-state index in [4.69, 9.17) is 5.73 Å². The van der Waals surface area contributed by atoms with Gasteiger partial charge in [-0.1, -0.05) is 13.3 Å². The van der Waals surface area contributed by atoms with E-state index in [9.17, 15) is 4.79 Å². The summed E-state index contributed by atoms with van der Waals surface area (Å²) in [5, 5.41) is 7.18. The molecule has 0 spiro atoms. The van der Waals surface area contributed by atoms with Crippen LogP contribution in [0, 0.1) is 19.8 Å². The number of hydrogen-bond donors (Lipinski definition) is 2. The van der Waals surface area contributed by atoms with E-state index in [0.29, 0.717) is 13.0 Å². The van der Waals surface area contributed by atoms with Gasteiger partial charge < -0.3 is 11.1 Å². The predicted octanol–water partition coefficient (Wildman–Crippen LogP) is 1.35. The molecule has 0 fully saturated rings. The fraction of sp³-hybridized carbons (Fsp3) is 0.667. The quantitative estimate of drug-likeness (QED) is 0.813. The third-order valence-corrected chi connectivity index (χ3v) is 3.16. The van der Waals surface area contributed by atoms with Crippen molar-refractivity contribution in [2.75, 3.05) is 11.9 Å². The van der Waals surface area contributed by atoms with Crippen LogP contribution in [0.1, 0.15) is 31.2 Å². The minimum absolute atomic E-state index is 0.0153. The Hall–Kier alpha value is -1.36. The van der Waals surface area contributed by atoms with E-state index < -0.39 is 0 Å². The summed E-state index contributed by atoms with van der Waals surface area (Å²) in [6.45, 7) is 6.43. The molecule has 17 heavy (non-hydrogen) atoms. The summed E-state index contributed by atoms with van der Waals surface area (Å²) >= 11 is 0. The van der Waals surface area contributed by atoms with E-state index in [1.54, 1.807) is 4.68 Å². The fourth-order valence-electron chi connectivity index (χ4n) is 1.80. The van der Waals surface area contributed by atoms with Crippen LogP contribution in [-0.4, -0.2) is 22.2 Å². The highest BCUT2D eigenvalue weighted by Gasteiger charge is 2.15. The summed E-state index contributed by atoms with van der Waals surface area (Å²) in [7, 11) is 1.87. The van der Waals surface area contributed by atoms with Gasteiger partial charge in [-0.3, -0.25) is 9.48 Å². The first-order valence-electron chi connectivity index (χ1n) is 5.99. The van der Waals surface area contributed by atoms with Gasteiger partial charge in [0, 0.05) is 13.5 Å². The zero-order chi connectivity index (χ0) is 13.0. The van der Waals surface area contributed by atoms with E-state index >= 15 is 0 Å². The molecule has 96 valence electrons. The molecule has 0 aliphatic rings. The van der Waals surface area contributed by atoms with E-state index in [0.717, 1.165) is 23.5 Å². The smallest absolute Gasteiger partial charge is 0.224 e. The predicted molar refractivity (Wildman–Crippen MR) is 68.8 cm³/mol. The maximum atomic E-state index is 11.9. The average molecular weight is 238 g/mol. The van der Waals surface area contributed by atoms with Crippen molar-refractivity contribution >= 4 is 11.6 Å². The number of aryl methyl sites for hydroxylation is 2. The normalized spacial score (nSPS) is 12.5. The van der Waals surface area contributed by atoms with Gasteiger partial charge >= 0.3 is 0 Å². The van der Waals surface area contributed by atoms with Crippen LogP contribution in [0.3, 0.4) is 0 Å². The number of nitrogens with one attached hydrogen (secondary N) is 1. The van der Waals surface area contributed by atoms with E-state index in [-0.39, 0.29) is 11.8 Å². The molecule has 1 unspecified atom stereocenters. The first-order valence-corrected chi connectivity index (χ1v) is 5.99. The van der Waals surface area contributed by atoms with Gasteiger partial charge in [-0.25, -0.2) is 0 Å². The van der Waals surface area contributed by atoms with Crippen LogP contribution in [0.4, 0.5) is 5.69 Å². The number of nitrogens with zero attached hydrogens (tertiary/aromatic N) is 2. The topological polar surface area (TPSA) is 72.9 Å². The second-order valence-electron chi connectivity index (χ2n) is 4.43. The molecule has 0 saturated carbocycles. The largest absolute Gasteiger partial charge is 0.330 e. The maximum Gasteiger partial charge on any atom is 0.224 e. The molecule has 0 aliphatic heterocycles. The number of rotatable bonds is 5. The Balaban J connectivity index is 2.68. The van der Waals surface area contributed by atoms with E-state index in [1.165, 1.54) is 0 Å². The van der Waals surface area contributed by atoms with Gasteiger partial charge in [-0.2, -0.15) is 5.10 Å². The van der Waals surface area contributed by atoms with Gasteiger partial charge in [0.1, 0.15) is 0 Å². The van der Waals surface area contributed by atoms with Crippen LogP contribution in [0.15, 0.2) is 0 Å². The molecule has 3 N–H and O–H groups in total. The summed E-state index contributed by atoms with van der Waals surface area (Å²) in [5.41, 5.74) is 8.23. The van der Waals surface area contributed by atoms with Crippen molar-refractivity contribution < 1.29 is 4.79 Å². The Morgan fingerprint density at radius 2 is 2.18 bits per heavy atom. The first-order chi connectivity index (χ1) is 7.99. The van der Waals surface area contributed by atoms with Crippen LogP contribution in [0.25, 0.3) is 0 Å². The molecule has 0 bridgehead atoms. The molecular formula is C12H22N4O. The number of anilines is 1. The number of hydrogen-bond acceptors (Lipinski definition) is 3. The van der Waals surface area contributed by atoms with Crippen LogP contribution in [-0.2, 0) is 11.8 Å². The molecule has 0 aliphatic carbocycles. The zero-order valence-electron chi connectivity index (χ0n) is 11.1. The Kier molecular flexibility index (Phi) is 4.69. The minimum Gasteiger partial charge on any atom is -0.330 e. The van der Waals surface area contributed by atoms with Crippen molar-refractivity contribution in [2.45, 2.75) is 33.6 Å². The number of aromatic nitrogens is 2.